The monoisotopic (exact) mass is 278 g/mol. The third kappa shape index (κ3) is 3.90. The van der Waals surface area contributed by atoms with Crippen molar-refractivity contribution in [3.8, 4) is 0 Å². The molecule has 1 saturated heterocycles. The molecule has 2 unspecified atom stereocenters. The van der Waals surface area contributed by atoms with Crippen molar-refractivity contribution in [2.24, 2.45) is 5.73 Å². The first kappa shape index (κ1) is 15.2. The number of nitrogens with two attached hydrogens (primary N) is 1. The van der Waals surface area contributed by atoms with Crippen LogP contribution in [0.5, 0.6) is 0 Å². The number of aromatic nitrogens is 2. The van der Waals surface area contributed by atoms with E-state index in [0.29, 0.717) is 0 Å². The van der Waals surface area contributed by atoms with Crippen LogP contribution >= 0.6 is 0 Å². The molecule has 1 aliphatic rings. The number of hydrogen-bond donors (Lipinski definition) is 1. The maximum Gasteiger partial charge on any atom is 0.225 e. The number of hydrogen-bond acceptors (Lipinski definition) is 5. The van der Waals surface area contributed by atoms with Gasteiger partial charge in [0.2, 0.25) is 5.95 Å². The van der Waals surface area contributed by atoms with Crippen molar-refractivity contribution in [3.63, 3.8) is 0 Å². The fourth-order valence-corrected chi connectivity index (χ4v) is 2.67. The maximum absolute atomic E-state index is 5.96. The van der Waals surface area contributed by atoms with Gasteiger partial charge in [-0.15, -0.1) is 0 Å². The van der Waals surface area contributed by atoms with Gasteiger partial charge in [-0.3, -0.25) is 0 Å². The lowest BCUT2D eigenvalue weighted by atomic mass is 10.1. The summed E-state index contributed by atoms with van der Waals surface area (Å²) in [5.74, 6) is 0.780. The molecule has 1 aromatic rings. The minimum Gasteiger partial charge on any atom is -0.369 e. The van der Waals surface area contributed by atoms with Crippen LogP contribution in [0.25, 0.3) is 0 Å². The highest BCUT2D eigenvalue weighted by molar-refractivity contribution is 5.32. The molecule has 2 N–H and O–H groups in total. The smallest absolute Gasteiger partial charge is 0.225 e. The predicted molar refractivity (Wildman–Crippen MR) is 80.8 cm³/mol. The largest absolute Gasteiger partial charge is 0.369 e. The van der Waals surface area contributed by atoms with E-state index in [1.807, 2.05) is 12.4 Å². The van der Waals surface area contributed by atoms with Crippen molar-refractivity contribution in [3.05, 3.63) is 18.0 Å². The molecule has 112 valence electrons. The molecule has 2 rings (SSSR count). The normalized spacial score (nSPS) is 23.6. The molecule has 1 fully saturated rings. The zero-order valence-corrected chi connectivity index (χ0v) is 13.0. The van der Waals surface area contributed by atoms with Crippen LogP contribution in [0, 0.1) is 0 Å². The maximum atomic E-state index is 5.96. The second-order valence-electron chi connectivity index (χ2n) is 6.33. The number of anilines is 1. The standard InChI is InChI=1S/C15H26N4O/c1-5-13(16)6-12-7-17-14(18-8-12)19-9-11(2)20-15(3,4)10-19/h7-8,11,13H,5-6,9-10,16H2,1-4H3. The van der Waals surface area contributed by atoms with Crippen molar-refractivity contribution in [1.29, 1.82) is 0 Å². The number of nitrogens with zero attached hydrogens (tertiary/aromatic N) is 3. The Kier molecular flexibility index (Phi) is 4.60. The summed E-state index contributed by atoms with van der Waals surface area (Å²) in [6.45, 7) is 10.0. The lowest BCUT2D eigenvalue weighted by Gasteiger charge is -2.41. The van der Waals surface area contributed by atoms with E-state index >= 15 is 0 Å². The van der Waals surface area contributed by atoms with E-state index in [1.54, 1.807) is 0 Å². The SMILES string of the molecule is CCC(N)Cc1cnc(N2CC(C)OC(C)(C)C2)nc1. The van der Waals surface area contributed by atoms with Gasteiger partial charge < -0.3 is 15.4 Å². The van der Waals surface area contributed by atoms with Crippen LogP contribution in [0.2, 0.25) is 0 Å². The average Bonchev–Trinajstić information content (AvgIpc) is 2.37. The molecule has 0 aliphatic carbocycles. The summed E-state index contributed by atoms with van der Waals surface area (Å²) >= 11 is 0. The fraction of sp³-hybridized carbons (Fsp3) is 0.733. The molecule has 5 nitrogen and oxygen atoms in total. The zero-order valence-electron chi connectivity index (χ0n) is 13.0. The Balaban J connectivity index is 2.06. The molecule has 0 aromatic carbocycles. The van der Waals surface area contributed by atoms with Gasteiger partial charge in [0, 0.05) is 31.5 Å². The van der Waals surface area contributed by atoms with E-state index in [0.717, 1.165) is 37.4 Å². The van der Waals surface area contributed by atoms with Gasteiger partial charge in [-0.1, -0.05) is 6.92 Å². The van der Waals surface area contributed by atoms with Crippen LogP contribution in [-0.4, -0.2) is 40.8 Å². The Morgan fingerprint density at radius 3 is 2.65 bits per heavy atom. The van der Waals surface area contributed by atoms with Crippen molar-refractivity contribution in [2.45, 2.75) is 58.3 Å². The van der Waals surface area contributed by atoms with Gasteiger partial charge in [-0.2, -0.15) is 0 Å². The van der Waals surface area contributed by atoms with E-state index in [4.69, 9.17) is 10.5 Å². The minimum atomic E-state index is -0.162. The lowest BCUT2D eigenvalue weighted by molar-refractivity contribution is -0.0753. The first-order valence-corrected chi connectivity index (χ1v) is 7.39. The van der Waals surface area contributed by atoms with Gasteiger partial charge in [0.25, 0.3) is 0 Å². The Bertz CT molecular complexity index is 432. The molecule has 0 amide bonds. The van der Waals surface area contributed by atoms with Crippen LogP contribution in [-0.2, 0) is 11.2 Å². The van der Waals surface area contributed by atoms with Crippen molar-refractivity contribution in [1.82, 2.24) is 9.97 Å². The molecular weight excluding hydrogens is 252 g/mol. The summed E-state index contributed by atoms with van der Waals surface area (Å²) in [6.07, 6.45) is 5.78. The summed E-state index contributed by atoms with van der Waals surface area (Å²) in [7, 11) is 0. The molecule has 20 heavy (non-hydrogen) atoms. The molecular formula is C15H26N4O. The highest BCUT2D eigenvalue weighted by atomic mass is 16.5. The first-order valence-electron chi connectivity index (χ1n) is 7.39. The third-order valence-electron chi connectivity index (χ3n) is 3.57. The molecule has 1 aromatic heterocycles. The molecule has 0 radical (unpaired) electrons. The van der Waals surface area contributed by atoms with Crippen LogP contribution in [0.1, 0.15) is 39.7 Å². The lowest BCUT2D eigenvalue weighted by Crippen LogP contribution is -2.52. The third-order valence-corrected chi connectivity index (χ3v) is 3.57. The van der Waals surface area contributed by atoms with Gasteiger partial charge in [0.1, 0.15) is 0 Å². The van der Waals surface area contributed by atoms with Crippen molar-refractivity contribution < 1.29 is 4.74 Å². The van der Waals surface area contributed by atoms with E-state index in [9.17, 15) is 0 Å². The van der Waals surface area contributed by atoms with Crippen molar-refractivity contribution in [2.75, 3.05) is 18.0 Å². The Hall–Kier alpha value is -1.20. The van der Waals surface area contributed by atoms with Crippen LogP contribution in [0.15, 0.2) is 12.4 Å². The highest BCUT2D eigenvalue weighted by Gasteiger charge is 2.32. The zero-order chi connectivity index (χ0) is 14.8. The number of morpholine rings is 1. The van der Waals surface area contributed by atoms with Crippen LogP contribution in [0.3, 0.4) is 0 Å². The van der Waals surface area contributed by atoms with E-state index in [1.165, 1.54) is 0 Å². The van der Waals surface area contributed by atoms with Gasteiger partial charge >= 0.3 is 0 Å². The van der Waals surface area contributed by atoms with Gasteiger partial charge in [-0.25, -0.2) is 9.97 Å². The average molecular weight is 278 g/mol. The number of ether oxygens (including phenoxy) is 1. The van der Waals surface area contributed by atoms with E-state index < -0.39 is 0 Å². The first-order chi connectivity index (χ1) is 9.39. The molecule has 0 bridgehead atoms. The minimum absolute atomic E-state index is 0.162. The molecule has 2 atom stereocenters. The van der Waals surface area contributed by atoms with Crippen LogP contribution in [0.4, 0.5) is 5.95 Å². The van der Waals surface area contributed by atoms with E-state index in [-0.39, 0.29) is 17.7 Å². The molecule has 1 aliphatic heterocycles. The van der Waals surface area contributed by atoms with E-state index in [2.05, 4.69) is 42.6 Å². The molecule has 0 spiro atoms. The molecule has 5 heteroatoms. The molecule has 2 heterocycles. The van der Waals surface area contributed by atoms with Crippen molar-refractivity contribution >= 4 is 5.95 Å². The van der Waals surface area contributed by atoms with Crippen LogP contribution < -0.4 is 10.6 Å². The summed E-state index contributed by atoms with van der Waals surface area (Å²) < 4.78 is 5.90. The van der Waals surface area contributed by atoms with Gasteiger partial charge in [0.05, 0.1) is 11.7 Å². The second kappa shape index (κ2) is 6.06. The Morgan fingerprint density at radius 1 is 1.45 bits per heavy atom. The Morgan fingerprint density at radius 2 is 2.10 bits per heavy atom. The fourth-order valence-electron chi connectivity index (χ4n) is 2.67. The summed E-state index contributed by atoms with van der Waals surface area (Å²) in [5.41, 5.74) is 6.90. The summed E-state index contributed by atoms with van der Waals surface area (Å²) in [5, 5.41) is 0. The summed E-state index contributed by atoms with van der Waals surface area (Å²) in [6, 6.07) is 0.187. The number of rotatable bonds is 4. The summed E-state index contributed by atoms with van der Waals surface area (Å²) in [4.78, 5) is 11.2. The molecule has 0 saturated carbocycles. The van der Waals surface area contributed by atoms with Gasteiger partial charge in [-0.05, 0) is 39.2 Å². The predicted octanol–water partition coefficient (Wildman–Crippen LogP) is 1.76. The quantitative estimate of drug-likeness (QED) is 0.909. The Labute approximate surface area is 121 Å². The van der Waals surface area contributed by atoms with Gasteiger partial charge in [0.15, 0.2) is 0 Å². The topological polar surface area (TPSA) is 64.3 Å². The highest BCUT2D eigenvalue weighted by Crippen LogP contribution is 2.23. The second-order valence-corrected chi connectivity index (χ2v) is 6.33.